The van der Waals surface area contributed by atoms with Gasteiger partial charge in [-0.15, -0.1) is 0 Å². The van der Waals surface area contributed by atoms with E-state index in [0.29, 0.717) is 17.9 Å². The van der Waals surface area contributed by atoms with Crippen molar-refractivity contribution in [1.29, 1.82) is 0 Å². The SMILES string of the molecule is CN(C)C(=O)c1ccc(COc2coc(CN3Cc4ccccc4C3)cc2=O)cc1. The molecule has 30 heavy (non-hydrogen) atoms. The molecular weight excluding hydrogens is 380 g/mol. The number of amides is 1. The summed E-state index contributed by atoms with van der Waals surface area (Å²) in [6.07, 6.45) is 1.38. The van der Waals surface area contributed by atoms with Crippen LogP contribution in [0.2, 0.25) is 0 Å². The van der Waals surface area contributed by atoms with E-state index in [0.717, 1.165) is 18.7 Å². The van der Waals surface area contributed by atoms with Crippen molar-refractivity contribution >= 4 is 5.91 Å². The molecule has 2 heterocycles. The maximum atomic E-state index is 12.4. The quantitative estimate of drug-likeness (QED) is 0.630. The third kappa shape index (κ3) is 4.44. The van der Waals surface area contributed by atoms with Gasteiger partial charge in [-0.25, -0.2) is 0 Å². The number of carbonyl (C=O) groups is 1. The van der Waals surface area contributed by atoms with Crippen LogP contribution in [0, 0.1) is 0 Å². The maximum Gasteiger partial charge on any atom is 0.253 e. The zero-order valence-corrected chi connectivity index (χ0v) is 17.1. The molecule has 0 fully saturated rings. The zero-order valence-electron chi connectivity index (χ0n) is 17.1. The lowest BCUT2D eigenvalue weighted by Gasteiger charge is -2.14. The van der Waals surface area contributed by atoms with E-state index in [4.69, 9.17) is 9.15 Å². The van der Waals surface area contributed by atoms with Gasteiger partial charge in [0.05, 0.1) is 6.54 Å². The average molecular weight is 404 g/mol. The van der Waals surface area contributed by atoms with Crippen LogP contribution in [0.5, 0.6) is 5.75 Å². The summed E-state index contributed by atoms with van der Waals surface area (Å²) in [6.45, 7) is 2.50. The molecule has 0 saturated heterocycles. The van der Waals surface area contributed by atoms with Gasteiger partial charge in [-0.3, -0.25) is 14.5 Å². The second-order valence-electron chi connectivity index (χ2n) is 7.67. The number of fused-ring (bicyclic) bond motifs is 1. The minimum atomic E-state index is -0.202. The predicted octanol–water partition coefficient (Wildman–Crippen LogP) is 3.44. The van der Waals surface area contributed by atoms with Gasteiger partial charge in [-0.2, -0.15) is 0 Å². The summed E-state index contributed by atoms with van der Waals surface area (Å²) in [4.78, 5) is 28.1. The van der Waals surface area contributed by atoms with Crippen LogP contribution in [0.3, 0.4) is 0 Å². The summed E-state index contributed by atoms with van der Waals surface area (Å²) >= 11 is 0. The van der Waals surface area contributed by atoms with Crippen molar-refractivity contribution in [2.75, 3.05) is 14.1 Å². The number of benzene rings is 2. The number of ether oxygens (including phenoxy) is 1. The Labute approximate surface area is 175 Å². The van der Waals surface area contributed by atoms with Crippen LogP contribution in [0.25, 0.3) is 0 Å². The van der Waals surface area contributed by atoms with Gasteiger partial charge in [0, 0.05) is 38.8 Å². The Morgan fingerprint density at radius 1 is 1.07 bits per heavy atom. The van der Waals surface area contributed by atoms with E-state index < -0.39 is 0 Å². The van der Waals surface area contributed by atoms with E-state index >= 15 is 0 Å². The minimum absolute atomic E-state index is 0.0557. The van der Waals surface area contributed by atoms with Gasteiger partial charge >= 0.3 is 0 Å². The van der Waals surface area contributed by atoms with Crippen molar-refractivity contribution in [2.24, 2.45) is 0 Å². The molecule has 0 aliphatic carbocycles. The molecule has 2 aromatic carbocycles. The number of hydrogen-bond donors (Lipinski definition) is 0. The third-order valence-electron chi connectivity index (χ3n) is 5.14. The lowest BCUT2D eigenvalue weighted by atomic mass is 10.1. The largest absolute Gasteiger partial charge is 0.482 e. The van der Waals surface area contributed by atoms with Crippen LogP contribution in [0.1, 0.15) is 32.8 Å². The highest BCUT2D eigenvalue weighted by atomic mass is 16.5. The molecular formula is C24H24N2O4. The highest BCUT2D eigenvalue weighted by Crippen LogP contribution is 2.24. The smallest absolute Gasteiger partial charge is 0.253 e. The van der Waals surface area contributed by atoms with Gasteiger partial charge in [0.25, 0.3) is 5.91 Å². The number of hydrogen-bond acceptors (Lipinski definition) is 5. The van der Waals surface area contributed by atoms with Gasteiger partial charge in [-0.05, 0) is 28.8 Å². The predicted molar refractivity (Wildman–Crippen MR) is 113 cm³/mol. The van der Waals surface area contributed by atoms with Crippen molar-refractivity contribution in [3.63, 3.8) is 0 Å². The summed E-state index contributed by atoms with van der Waals surface area (Å²) in [6, 6.07) is 17.0. The van der Waals surface area contributed by atoms with E-state index in [-0.39, 0.29) is 23.7 Å². The molecule has 0 bridgehead atoms. The highest BCUT2D eigenvalue weighted by molar-refractivity contribution is 5.93. The van der Waals surface area contributed by atoms with E-state index in [1.807, 2.05) is 24.3 Å². The van der Waals surface area contributed by atoms with Gasteiger partial charge in [-0.1, -0.05) is 36.4 Å². The van der Waals surface area contributed by atoms with Crippen LogP contribution in [0.4, 0.5) is 0 Å². The molecule has 0 unspecified atom stereocenters. The highest BCUT2D eigenvalue weighted by Gasteiger charge is 2.19. The maximum absolute atomic E-state index is 12.4. The van der Waals surface area contributed by atoms with Crippen molar-refractivity contribution in [1.82, 2.24) is 9.80 Å². The zero-order chi connectivity index (χ0) is 21.1. The summed E-state index contributed by atoms with van der Waals surface area (Å²) in [5, 5.41) is 0. The Morgan fingerprint density at radius 2 is 1.73 bits per heavy atom. The Balaban J connectivity index is 1.35. The first-order valence-electron chi connectivity index (χ1n) is 9.84. The fourth-order valence-corrected chi connectivity index (χ4v) is 3.53. The monoisotopic (exact) mass is 404 g/mol. The topological polar surface area (TPSA) is 63.0 Å². The Bertz CT molecular complexity index is 1080. The minimum Gasteiger partial charge on any atom is -0.482 e. The molecule has 6 heteroatoms. The van der Waals surface area contributed by atoms with Crippen LogP contribution >= 0.6 is 0 Å². The second-order valence-corrected chi connectivity index (χ2v) is 7.67. The lowest BCUT2D eigenvalue weighted by molar-refractivity contribution is 0.0827. The number of nitrogens with zero attached hydrogens (tertiary/aromatic N) is 2. The summed E-state index contributed by atoms with van der Waals surface area (Å²) in [5.41, 5.74) is 3.91. The average Bonchev–Trinajstić information content (AvgIpc) is 3.15. The third-order valence-corrected chi connectivity index (χ3v) is 5.14. The second kappa shape index (κ2) is 8.55. The molecule has 154 valence electrons. The molecule has 1 aromatic heterocycles. The van der Waals surface area contributed by atoms with E-state index in [1.165, 1.54) is 28.4 Å². The Hall–Kier alpha value is -3.38. The molecule has 1 aliphatic heterocycles. The molecule has 6 nitrogen and oxygen atoms in total. The molecule has 0 N–H and O–H groups in total. The van der Waals surface area contributed by atoms with Crippen LogP contribution < -0.4 is 10.2 Å². The van der Waals surface area contributed by atoms with Crippen LogP contribution in [-0.4, -0.2) is 29.8 Å². The van der Waals surface area contributed by atoms with Gasteiger partial charge in [0.1, 0.15) is 18.6 Å². The molecule has 0 radical (unpaired) electrons. The molecule has 0 saturated carbocycles. The van der Waals surface area contributed by atoms with Crippen LogP contribution in [0.15, 0.2) is 70.1 Å². The normalized spacial score (nSPS) is 13.1. The van der Waals surface area contributed by atoms with Crippen molar-refractivity contribution in [3.05, 3.63) is 99.1 Å². The van der Waals surface area contributed by atoms with Crippen molar-refractivity contribution in [2.45, 2.75) is 26.2 Å². The first kappa shape index (κ1) is 19.9. The summed E-state index contributed by atoms with van der Waals surface area (Å²) in [7, 11) is 3.43. The van der Waals surface area contributed by atoms with Gasteiger partial charge in [0.2, 0.25) is 11.2 Å². The number of carbonyl (C=O) groups excluding carboxylic acids is 1. The van der Waals surface area contributed by atoms with Crippen molar-refractivity contribution < 1.29 is 13.9 Å². The first-order chi connectivity index (χ1) is 14.5. The number of rotatable bonds is 6. The Morgan fingerprint density at radius 3 is 2.33 bits per heavy atom. The van der Waals surface area contributed by atoms with E-state index in [2.05, 4.69) is 17.0 Å². The van der Waals surface area contributed by atoms with Crippen molar-refractivity contribution in [3.8, 4) is 5.75 Å². The molecule has 1 aliphatic rings. The Kier molecular flexibility index (Phi) is 5.68. The lowest BCUT2D eigenvalue weighted by Crippen LogP contribution is -2.21. The van der Waals surface area contributed by atoms with Gasteiger partial charge < -0.3 is 14.1 Å². The molecule has 3 aromatic rings. The first-order valence-corrected chi connectivity index (χ1v) is 9.84. The molecule has 4 rings (SSSR count). The molecule has 0 spiro atoms. The van der Waals surface area contributed by atoms with E-state index in [9.17, 15) is 9.59 Å². The summed E-state index contributed by atoms with van der Waals surface area (Å²) in [5.74, 6) is 0.739. The fraction of sp³-hybridized carbons (Fsp3) is 0.250. The summed E-state index contributed by atoms with van der Waals surface area (Å²) < 4.78 is 11.3. The molecule has 0 atom stereocenters. The fourth-order valence-electron chi connectivity index (χ4n) is 3.53. The molecule has 1 amide bonds. The van der Waals surface area contributed by atoms with Crippen LogP contribution in [-0.2, 0) is 26.2 Å². The van der Waals surface area contributed by atoms with E-state index in [1.54, 1.807) is 26.2 Å². The van der Waals surface area contributed by atoms with Gasteiger partial charge in [0.15, 0.2) is 0 Å². The standard InChI is InChI=1S/C24H24N2O4/c1-25(2)24(28)18-9-7-17(8-10-18)15-30-23-16-29-21(11-22(23)27)14-26-12-19-5-3-4-6-20(19)13-26/h3-11,16H,12-15H2,1-2H3.